The quantitative estimate of drug-likeness (QED) is 0.693. The van der Waals surface area contributed by atoms with E-state index in [-0.39, 0.29) is 5.92 Å². The molecule has 0 amide bonds. The first-order valence-electron chi connectivity index (χ1n) is 6.35. The molecule has 0 fully saturated rings. The Bertz CT molecular complexity index is 410. The number of carboxylic acid groups (broad SMARTS) is 2. The van der Waals surface area contributed by atoms with Crippen molar-refractivity contribution in [2.45, 2.75) is 25.7 Å². The van der Waals surface area contributed by atoms with Crippen LogP contribution in [-0.2, 0) is 9.59 Å². The molecule has 0 bridgehead atoms. The maximum atomic E-state index is 11.6. The van der Waals surface area contributed by atoms with Gasteiger partial charge in [-0.15, -0.1) is 13.2 Å². The molecule has 19 heavy (non-hydrogen) atoms. The summed E-state index contributed by atoms with van der Waals surface area (Å²) in [7, 11) is 0. The SMILES string of the molecule is C=CCCC1CC(C(=O)O)C=CC1(CC=C)C(=O)O. The zero-order valence-corrected chi connectivity index (χ0v) is 10.9. The standard InChI is InChI=1S/C15H20O4/c1-3-5-6-12-10-11(13(16)17)7-9-15(12,8-4-2)14(18)19/h3-4,7,9,11-12H,1-2,5-6,8,10H2,(H,16,17)(H,18,19). The van der Waals surface area contributed by atoms with Crippen LogP contribution in [0.1, 0.15) is 25.7 Å². The van der Waals surface area contributed by atoms with Gasteiger partial charge in [-0.25, -0.2) is 0 Å². The molecule has 3 unspecified atom stereocenters. The summed E-state index contributed by atoms with van der Waals surface area (Å²) in [4.78, 5) is 22.7. The first-order chi connectivity index (χ1) is 8.97. The third-order valence-corrected chi connectivity index (χ3v) is 3.81. The van der Waals surface area contributed by atoms with Crippen LogP contribution in [0.3, 0.4) is 0 Å². The van der Waals surface area contributed by atoms with Gasteiger partial charge >= 0.3 is 11.9 Å². The van der Waals surface area contributed by atoms with Crippen molar-refractivity contribution in [1.29, 1.82) is 0 Å². The molecule has 1 rings (SSSR count). The monoisotopic (exact) mass is 264 g/mol. The molecule has 2 N–H and O–H groups in total. The van der Waals surface area contributed by atoms with Gasteiger partial charge in [0.25, 0.3) is 0 Å². The van der Waals surface area contributed by atoms with Gasteiger partial charge in [0.15, 0.2) is 0 Å². The van der Waals surface area contributed by atoms with Crippen molar-refractivity contribution in [3.8, 4) is 0 Å². The first kappa shape index (κ1) is 15.2. The number of rotatable bonds is 7. The minimum Gasteiger partial charge on any atom is -0.481 e. The van der Waals surface area contributed by atoms with Gasteiger partial charge in [0.05, 0.1) is 11.3 Å². The van der Waals surface area contributed by atoms with Crippen molar-refractivity contribution >= 4 is 11.9 Å². The van der Waals surface area contributed by atoms with Crippen LogP contribution < -0.4 is 0 Å². The number of allylic oxidation sites excluding steroid dienone is 2. The second kappa shape index (κ2) is 6.36. The Morgan fingerprint density at radius 1 is 1.32 bits per heavy atom. The Balaban J connectivity index is 3.11. The third-order valence-electron chi connectivity index (χ3n) is 3.81. The van der Waals surface area contributed by atoms with Gasteiger partial charge in [0, 0.05) is 0 Å². The summed E-state index contributed by atoms with van der Waals surface area (Å²) in [6.07, 6.45) is 8.33. The molecule has 4 nitrogen and oxygen atoms in total. The third kappa shape index (κ3) is 3.13. The van der Waals surface area contributed by atoms with Gasteiger partial charge in [-0.3, -0.25) is 9.59 Å². The number of hydrogen-bond donors (Lipinski definition) is 2. The molecule has 0 aliphatic heterocycles. The molecule has 0 aromatic heterocycles. The lowest BCUT2D eigenvalue weighted by atomic mass is 9.64. The van der Waals surface area contributed by atoms with Crippen molar-refractivity contribution in [3.05, 3.63) is 37.5 Å². The van der Waals surface area contributed by atoms with Crippen molar-refractivity contribution < 1.29 is 19.8 Å². The molecule has 1 aliphatic rings. The van der Waals surface area contributed by atoms with E-state index in [1.807, 2.05) is 0 Å². The lowest BCUT2D eigenvalue weighted by Gasteiger charge is -2.38. The van der Waals surface area contributed by atoms with Gasteiger partial charge in [-0.05, 0) is 31.6 Å². The predicted molar refractivity (Wildman–Crippen MR) is 72.7 cm³/mol. The molecule has 0 heterocycles. The first-order valence-corrected chi connectivity index (χ1v) is 6.35. The lowest BCUT2D eigenvalue weighted by Crippen LogP contribution is -2.41. The summed E-state index contributed by atoms with van der Waals surface area (Å²) in [5.74, 6) is -2.64. The molecular weight excluding hydrogens is 244 g/mol. The van der Waals surface area contributed by atoms with Crippen LogP contribution in [0.2, 0.25) is 0 Å². The van der Waals surface area contributed by atoms with Crippen LogP contribution in [0.25, 0.3) is 0 Å². The van der Waals surface area contributed by atoms with Crippen LogP contribution in [0.15, 0.2) is 37.5 Å². The Morgan fingerprint density at radius 3 is 2.47 bits per heavy atom. The summed E-state index contributed by atoms with van der Waals surface area (Å²) < 4.78 is 0. The van der Waals surface area contributed by atoms with E-state index >= 15 is 0 Å². The average Bonchev–Trinajstić information content (AvgIpc) is 2.37. The summed E-state index contributed by atoms with van der Waals surface area (Å²) in [5.41, 5.74) is -1.03. The van der Waals surface area contributed by atoms with Gasteiger partial charge < -0.3 is 10.2 Å². The van der Waals surface area contributed by atoms with E-state index in [1.54, 1.807) is 18.2 Å². The maximum Gasteiger partial charge on any atom is 0.314 e. The lowest BCUT2D eigenvalue weighted by molar-refractivity contribution is -0.152. The minimum absolute atomic E-state index is 0.216. The van der Waals surface area contributed by atoms with Gasteiger partial charge in [-0.1, -0.05) is 24.3 Å². The molecule has 3 atom stereocenters. The summed E-state index contributed by atoms with van der Waals surface area (Å²) in [5, 5.41) is 18.6. The molecule has 4 heteroatoms. The number of aliphatic carboxylic acids is 2. The van der Waals surface area contributed by atoms with Gasteiger partial charge in [-0.2, -0.15) is 0 Å². The fourth-order valence-electron chi connectivity index (χ4n) is 2.70. The van der Waals surface area contributed by atoms with Crippen LogP contribution in [0.4, 0.5) is 0 Å². The number of carbonyl (C=O) groups is 2. The summed E-state index contributed by atoms with van der Waals surface area (Å²) in [6, 6.07) is 0. The molecule has 0 aromatic rings. The van der Waals surface area contributed by atoms with E-state index in [0.717, 1.165) is 0 Å². The molecule has 0 saturated heterocycles. The molecule has 0 saturated carbocycles. The Kier molecular flexibility index (Phi) is 5.10. The van der Waals surface area contributed by atoms with E-state index in [9.17, 15) is 14.7 Å². The molecule has 0 aromatic carbocycles. The Hall–Kier alpha value is -1.84. The van der Waals surface area contributed by atoms with E-state index in [4.69, 9.17) is 5.11 Å². The molecule has 104 valence electrons. The summed E-state index contributed by atoms with van der Waals surface area (Å²) >= 11 is 0. The molecule has 0 spiro atoms. The van der Waals surface area contributed by atoms with Crippen molar-refractivity contribution in [1.82, 2.24) is 0 Å². The molecular formula is C15H20O4. The van der Waals surface area contributed by atoms with Crippen molar-refractivity contribution in [2.75, 3.05) is 0 Å². The van der Waals surface area contributed by atoms with Gasteiger partial charge in [0.1, 0.15) is 0 Å². The van der Waals surface area contributed by atoms with Crippen molar-refractivity contribution in [2.24, 2.45) is 17.3 Å². The van der Waals surface area contributed by atoms with Crippen molar-refractivity contribution in [3.63, 3.8) is 0 Å². The zero-order valence-electron chi connectivity index (χ0n) is 10.9. The second-order valence-electron chi connectivity index (χ2n) is 4.94. The Labute approximate surface area is 113 Å². The normalized spacial score (nSPS) is 29.7. The highest BCUT2D eigenvalue weighted by atomic mass is 16.4. The van der Waals surface area contributed by atoms with E-state index in [0.29, 0.717) is 25.7 Å². The van der Waals surface area contributed by atoms with Crippen LogP contribution in [-0.4, -0.2) is 22.2 Å². The average molecular weight is 264 g/mol. The highest BCUT2D eigenvalue weighted by Gasteiger charge is 2.46. The number of carboxylic acids is 2. The fraction of sp³-hybridized carbons (Fsp3) is 0.467. The fourth-order valence-corrected chi connectivity index (χ4v) is 2.70. The highest BCUT2D eigenvalue weighted by molar-refractivity contribution is 5.80. The largest absolute Gasteiger partial charge is 0.481 e. The smallest absolute Gasteiger partial charge is 0.314 e. The number of hydrogen-bond acceptors (Lipinski definition) is 2. The molecule has 0 radical (unpaired) electrons. The minimum atomic E-state index is -1.03. The second-order valence-corrected chi connectivity index (χ2v) is 4.94. The predicted octanol–water partition coefficient (Wildman–Crippen LogP) is 2.88. The van der Waals surface area contributed by atoms with Crippen LogP contribution in [0, 0.1) is 17.3 Å². The zero-order chi connectivity index (χ0) is 14.5. The summed E-state index contributed by atoms with van der Waals surface area (Å²) in [6.45, 7) is 7.25. The van der Waals surface area contributed by atoms with Crippen LogP contribution >= 0.6 is 0 Å². The maximum absolute atomic E-state index is 11.6. The van der Waals surface area contributed by atoms with Gasteiger partial charge in [0.2, 0.25) is 0 Å². The topological polar surface area (TPSA) is 74.6 Å². The van der Waals surface area contributed by atoms with E-state index < -0.39 is 23.3 Å². The van der Waals surface area contributed by atoms with E-state index in [1.165, 1.54) is 6.08 Å². The van der Waals surface area contributed by atoms with Crippen LogP contribution in [0.5, 0.6) is 0 Å². The van der Waals surface area contributed by atoms with E-state index in [2.05, 4.69) is 13.2 Å². The Morgan fingerprint density at radius 2 is 2.00 bits per heavy atom. The highest BCUT2D eigenvalue weighted by Crippen LogP contribution is 2.44. The molecule has 1 aliphatic carbocycles.